The zero-order valence-corrected chi connectivity index (χ0v) is 21.0. The van der Waals surface area contributed by atoms with Crippen LogP contribution in [-0.2, 0) is 10.0 Å². The number of nitrogens with one attached hydrogen (secondary N) is 1. The van der Waals surface area contributed by atoms with Crippen LogP contribution in [0, 0.1) is 0 Å². The number of methoxy groups -OCH3 is 2. The maximum Gasteiger partial charge on any atom is 0.262 e. The minimum atomic E-state index is -3.82. The number of nitrogens with zero attached hydrogens (tertiary/aromatic N) is 2. The molecule has 2 aliphatic heterocycles. The molecule has 0 spiro atoms. The summed E-state index contributed by atoms with van der Waals surface area (Å²) in [5.74, 6) is 1.00. The molecular formula is C25H30ClN3O4S. The van der Waals surface area contributed by atoms with Gasteiger partial charge in [0.1, 0.15) is 0 Å². The van der Waals surface area contributed by atoms with Crippen molar-refractivity contribution in [3.05, 3.63) is 54.6 Å². The van der Waals surface area contributed by atoms with E-state index in [0.29, 0.717) is 23.2 Å². The smallest absolute Gasteiger partial charge is 0.262 e. The lowest BCUT2D eigenvalue weighted by Gasteiger charge is -2.39. The predicted molar refractivity (Wildman–Crippen MR) is 138 cm³/mol. The van der Waals surface area contributed by atoms with Gasteiger partial charge in [-0.05, 0) is 43.7 Å². The van der Waals surface area contributed by atoms with E-state index in [1.54, 1.807) is 31.4 Å². The number of hydrogen-bond donors (Lipinski definition) is 1. The van der Waals surface area contributed by atoms with E-state index in [1.165, 1.54) is 26.5 Å². The summed E-state index contributed by atoms with van der Waals surface area (Å²) in [7, 11) is -0.754. The summed E-state index contributed by atoms with van der Waals surface area (Å²) in [5, 5.41) is 1.68. The van der Waals surface area contributed by atoms with Gasteiger partial charge < -0.3 is 14.4 Å². The Morgan fingerprint density at radius 3 is 2.44 bits per heavy atom. The second-order valence-electron chi connectivity index (χ2n) is 8.58. The lowest BCUT2D eigenvalue weighted by atomic mass is 10.1. The van der Waals surface area contributed by atoms with E-state index in [0.717, 1.165) is 36.1 Å². The number of halogens is 1. The van der Waals surface area contributed by atoms with Crippen LogP contribution < -0.4 is 19.1 Å². The molecule has 0 radical (unpaired) electrons. The van der Waals surface area contributed by atoms with Gasteiger partial charge in [0.2, 0.25) is 0 Å². The Hall–Kier alpha value is -2.68. The molecule has 5 rings (SSSR count). The number of benzene rings is 3. The van der Waals surface area contributed by atoms with Crippen molar-refractivity contribution >= 4 is 44.6 Å². The fourth-order valence-corrected chi connectivity index (χ4v) is 6.35. The summed E-state index contributed by atoms with van der Waals surface area (Å²) in [6.07, 6.45) is 2.49. The molecule has 2 heterocycles. The third kappa shape index (κ3) is 4.50. The average Bonchev–Trinajstić information content (AvgIpc) is 3.31. The first-order chi connectivity index (χ1) is 16.0. The lowest BCUT2D eigenvalue weighted by molar-refractivity contribution is 0.231. The van der Waals surface area contributed by atoms with E-state index in [-0.39, 0.29) is 17.3 Å². The molecule has 182 valence electrons. The second-order valence-corrected chi connectivity index (χ2v) is 10.2. The highest BCUT2D eigenvalue weighted by Gasteiger charge is 2.31. The molecular weight excluding hydrogens is 474 g/mol. The maximum atomic E-state index is 13.4. The zero-order valence-electron chi connectivity index (χ0n) is 19.4. The van der Waals surface area contributed by atoms with Crippen molar-refractivity contribution in [1.29, 1.82) is 0 Å². The Bertz CT molecular complexity index is 1280. The number of sulfonamides is 1. The maximum absolute atomic E-state index is 13.4. The van der Waals surface area contributed by atoms with E-state index >= 15 is 0 Å². The van der Waals surface area contributed by atoms with E-state index in [1.807, 2.05) is 30.3 Å². The molecule has 0 saturated carbocycles. The SMILES string of the molecule is COc1ccc(NS(=O)(=O)c2ccc(N3CCN4CCCC4C3)c3ccccc23)cc1OC.Cl. The van der Waals surface area contributed by atoms with Crippen molar-refractivity contribution in [2.75, 3.05) is 50.0 Å². The third-order valence-corrected chi connectivity index (χ3v) is 8.15. The summed E-state index contributed by atoms with van der Waals surface area (Å²) < 4.78 is 40.1. The van der Waals surface area contributed by atoms with E-state index in [2.05, 4.69) is 14.5 Å². The molecule has 7 nitrogen and oxygen atoms in total. The highest BCUT2D eigenvalue weighted by atomic mass is 35.5. The van der Waals surface area contributed by atoms with Crippen molar-refractivity contribution in [2.45, 2.75) is 23.8 Å². The molecule has 0 amide bonds. The van der Waals surface area contributed by atoms with Crippen molar-refractivity contribution < 1.29 is 17.9 Å². The van der Waals surface area contributed by atoms with Crippen molar-refractivity contribution in [3.63, 3.8) is 0 Å². The van der Waals surface area contributed by atoms with Crippen LogP contribution in [0.4, 0.5) is 11.4 Å². The van der Waals surface area contributed by atoms with Crippen LogP contribution in [0.2, 0.25) is 0 Å². The van der Waals surface area contributed by atoms with Crippen LogP contribution in [0.3, 0.4) is 0 Å². The molecule has 0 aliphatic carbocycles. The number of fused-ring (bicyclic) bond motifs is 2. The summed E-state index contributed by atoms with van der Waals surface area (Å²) >= 11 is 0. The van der Waals surface area contributed by atoms with Crippen molar-refractivity contribution in [2.24, 2.45) is 0 Å². The van der Waals surface area contributed by atoms with Gasteiger partial charge in [-0.3, -0.25) is 9.62 Å². The number of anilines is 2. The monoisotopic (exact) mass is 503 g/mol. The Balaban J connectivity index is 0.00000274. The highest BCUT2D eigenvalue weighted by Crippen LogP contribution is 2.36. The number of rotatable bonds is 6. The first kappa shape index (κ1) is 24.4. The summed E-state index contributed by atoms with van der Waals surface area (Å²) in [6, 6.07) is 17.0. The highest BCUT2D eigenvalue weighted by molar-refractivity contribution is 7.93. The second kappa shape index (κ2) is 9.90. The van der Waals surface area contributed by atoms with Crippen LogP contribution in [0.15, 0.2) is 59.5 Å². The molecule has 2 aliphatic rings. The molecule has 9 heteroatoms. The lowest BCUT2D eigenvalue weighted by Crippen LogP contribution is -2.50. The van der Waals surface area contributed by atoms with E-state index < -0.39 is 10.0 Å². The number of ether oxygens (including phenoxy) is 2. The molecule has 0 aromatic heterocycles. The summed E-state index contributed by atoms with van der Waals surface area (Å²) in [5.41, 5.74) is 1.51. The fourth-order valence-electron chi connectivity index (χ4n) is 5.09. The Kier molecular flexibility index (Phi) is 7.12. The van der Waals surface area contributed by atoms with Crippen molar-refractivity contribution in [3.8, 4) is 11.5 Å². The van der Waals surface area contributed by atoms with Crippen LogP contribution in [-0.4, -0.2) is 59.8 Å². The third-order valence-electron chi connectivity index (χ3n) is 6.71. The van der Waals surface area contributed by atoms with Gasteiger partial charge in [-0.2, -0.15) is 0 Å². The first-order valence-electron chi connectivity index (χ1n) is 11.3. The minimum absolute atomic E-state index is 0. The van der Waals surface area contributed by atoms with Crippen LogP contribution in [0.5, 0.6) is 11.5 Å². The molecule has 0 bridgehead atoms. The van der Waals surface area contributed by atoms with Gasteiger partial charge in [0.25, 0.3) is 10.0 Å². The summed E-state index contributed by atoms with van der Waals surface area (Å²) in [6.45, 7) is 4.19. The Labute approximate surface area is 207 Å². The average molecular weight is 504 g/mol. The van der Waals surface area contributed by atoms with E-state index in [9.17, 15) is 8.42 Å². The van der Waals surface area contributed by atoms with Crippen LogP contribution in [0.1, 0.15) is 12.8 Å². The number of hydrogen-bond acceptors (Lipinski definition) is 6. The quantitative estimate of drug-likeness (QED) is 0.539. The van der Waals surface area contributed by atoms with E-state index in [4.69, 9.17) is 9.47 Å². The van der Waals surface area contributed by atoms with Gasteiger partial charge >= 0.3 is 0 Å². The van der Waals surface area contributed by atoms with Crippen molar-refractivity contribution in [1.82, 2.24) is 4.90 Å². The largest absolute Gasteiger partial charge is 0.493 e. The van der Waals surface area contributed by atoms with Gasteiger partial charge in [0, 0.05) is 48.2 Å². The van der Waals surface area contributed by atoms with Gasteiger partial charge in [-0.25, -0.2) is 8.42 Å². The summed E-state index contributed by atoms with van der Waals surface area (Å²) in [4.78, 5) is 5.24. The van der Waals surface area contributed by atoms with Gasteiger partial charge in [-0.1, -0.05) is 24.3 Å². The molecule has 1 unspecified atom stereocenters. The molecule has 2 saturated heterocycles. The Morgan fingerprint density at radius 2 is 1.68 bits per heavy atom. The van der Waals surface area contributed by atoms with Crippen LogP contribution >= 0.6 is 12.4 Å². The topological polar surface area (TPSA) is 71.1 Å². The fraction of sp³-hybridized carbons (Fsp3) is 0.360. The first-order valence-corrected chi connectivity index (χ1v) is 12.7. The molecule has 3 aromatic carbocycles. The molecule has 34 heavy (non-hydrogen) atoms. The van der Waals surface area contributed by atoms with Gasteiger partial charge in [0.15, 0.2) is 11.5 Å². The predicted octanol–water partition coefficient (Wildman–Crippen LogP) is 4.36. The normalized spacial score (nSPS) is 18.3. The van der Waals surface area contributed by atoms with Crippen LogP contribution in [0.25, 0.3) is 10.8 Å². The molecule has 3 aromatic rings. The van der Waals surface area contributed by atoms with Gasteiger partial charge in [-0.15, -0.1) is 12.4 Å². The Morgan fingerprint density at radius 1 is 0.912 bits per heavy atom. The van der Waals surface area contributed by atoms with Gasteiger partial charge in [0.05, 0.1) is 24.8 Å². The molecule has 2 fully saturated rings. The zero-order chi connectivity index (χ0) is 23.0. The molecule has 1 atom stereocenters. The molecule has 1 N–H and O–H groups in total. The number of piperazine rings is 1. The minimum Gasteiger partial charge on any atom is -0.493 e. The standard InChI is InChI=1S/C25H29N3O4S.ClH/c1-31-23-11-9-18(16-24(23)32-2)26-33(29,30)25-12-10-22(20-7-3-4-8-21(20)25)28-15-14-27-13-5-6-19(27)17-28;/h3-4,7-12,16,19,26H,5-6,13-15,17H2,1-2H3;1H.